The van der Waals surface area contributed by atoms with E-state index in [4.69, 9.17) is 4.98 Å². The summed E-state index contributed by atoms with van der Waals surface area (Å²) in [5.41, 5.74) is 1.18. The van der Waals surface area contributed by atoms with Crippen molar-refractivity contribution in [2.24, 2.45) is 0 Å². The molecule has 1 aliphatic rings. The average Bonchev–Trinajstić information content (AvgIpc) is 3.05. The summed E-state index contributed by atoms with van der Waals surface area (Å²) in [4.78, 5) is 6.02. The lowest BCUT2D eigenvalue weighted by molar-refractivity contribution is 0.760. The molecule has 6 heteroatoms. The SMILES string of the molecule is CCc1nc(C2CC2)sc1-c1nnc(NC(C)CC)s1. The van der Waals surface area contributed by atoms with Crippen LogP contribution in [-0.4, -0.2) is 21.2 Å². The normalized spacial score (nSPS) is 16.4. The molecule has 0 spiro atoms. The van der Waals surface area contributed by atoms with Gasteiger partial charge in [0.25, 0.3) is 0 Å². The fourth-order valence-corrected chi connectivity index (χ4v) is 4.24. The zero-order valence-corrected chi connectivity index (χ0v) is 13.8. The molecule has 0 saturated heterocycles. The monoisotopic (exact) mass is 308 g/mol. The first kappa shape index (κ1) is 13.9. The molecule has 0 aromatic carbocycles. The lowest BCUT2D eigenvalue weighted by Crippen LogP contribution is -2.12. The molecule has 0 radical (unpaired) electrons. The van der Waals surface area contributed by atoms with Crippen LogP contribution in [0.5, 0.6) is 0 Å². The van der Waals surface area contributed by atoms with Crippen LogP contribution in [0.4, 0.5) is 5.13 Å². The molecule has 2 aromatic rings. The summed E-state index contributed by atoms with van der Waals surface area (Å²) < 4.78 is 0. The number of hydrogen-bond donors (Lipinski definition) is 1. The Morgan fingerprint density at radius 2 is 2.05 bits per heavy atom. The van der Waals surface area contributed by atoms with Crippen LogP contribution in [0.3, 0.4) is 0 Å². The quantitative estimate of drug-likeness (QED) is 0.864. The van der Waals surface area contributed by atoms with E-state index in [9.17, 15) is 0 Å². The second kappa shape index (κ2) is 5.77. The van der Waals surface area contributed by atoms with Crippen LogP contribution in [0.25, 0.3) is 9.88 Å². The van der Waals surface area contributed by atoms with Gasteiger partial charge in [-0.1, -0.05) is 25.2 Å². The maximum absolute atomic E-state index is 4.79. The minimum atomic E-state index is 0.435. The number of aryl methyl sites for hydroxylation is 1. The largest absolute Gasteiger partial charge is 0.358 e. The van der Waals surface area contributed by atoms with Gasteiger partial charge in [0, 0.05) is 12.0 Å². The van der Waals surface area contributed by atoms with Gasteiger partial charge in [-0.2, -0.15) is 0 Å². The summed E-state index contributed by atoms with van der Waals surface area (Å²) in [5, 5.41) is 15.2. The Hall–Kier alpha value is -1.01. The van der Waals surface area contributed by atoms with E-state index in [2.05, 4.69) is 36.3 Å². The molecule has 0 bridgehead atoms. The van der Waals surface area contributed by atoms with Crippen molar-refractivity contribution in [2.45, 2.75) is 58.4 Å². The van der Waals surface area contributed by atoms with E-state index >= 15 is 0 Å². The number of hydrogen-bond acceptors (Lipinski definition) is 6. The van der Waals surface area contributed by atoms with Crippen LogP contribution in [0, 0.1) is 0 Å². The molecule has 0 aliphatic heterocycles. The Bertz CT molecular complexity index is 586. The van der Waals surface area contributed by atoms with Crippen LogP contribution in [0.2, 0.25) is 0 Å². The molecular formula is C14H20N4S2. The molecule has 4 nitrogen and oxygen atoms in total. The third kappa shape index (κ3) is 2.86. The molecule has 3 rings (SSSR count). The van der Waals surface area contributed by atoms with Gasteiger partial charge in [-0.15, -0.1) is 21.5 Å². The highest BCUT2D eigenvalue weighted by Gasteiger charge is 2.29. The molecule has 108 valence electrons. The highest BCUT2D eigenvalue weighted by atomic mass is 32.1. The predicted molar refractivity (Wildman–Crippen MR) is 85.7 cm³/mol. The fraction of sp³-hybridized carbons (Fsp3) is 0.643. The van der Waals surface area contributed by atoms with Gasteiger partial charge in [-0.05, 0) is 32.6 Å². The molecule has 20 heavy (non-hydrogen) atoms. The summed E-state index contributed by atoms with van der Waals surface area (Å²) in [5.74, 6) is 0.713. The van der Waals surface area contributed by atoms with Gasteiger partial charge in [0.15, 0.2) is 5.01 Å². The molecule has 1 fully saturated rings. The highest BCUT2D eigenvalue weighted by Crippen LogP contribution is 2.45. The predicted octanol–water partition coefficient (Wildman–Crippen LogP) is 4.31. The van der Waals surface area contributed by atoms with Crippen molar-refractivity contribution in [3.05, 3.63) is 10.7 Å². The number of rotatable bonds is 6. The lowest BCUT2D eigenvalue weighted by atomic mass is 10.3. The minimum Gasteiger partial charge on any atom is -0.358 e. The van der Waals surface area contributed by atoms with E-state index in [0.717, 1.165) is 23.0 Å². The van der Waals surface area contributed by atoms with Crippen LogP contribution in [0.1, 0.15) is 56.7 Å². The van der Waals surface area contributed by atoms with Crippen molar-refractivity contribution in [1.29, 1.82) is 0 Å². The fourth-order valence-electron chi connectivity index (χ4n) is 1.97. The zero-order valence-electron chi connectivity index (χ0n) is 12.1. The lowest BCUT2D eigenvalue weighted by Gasteiger charge is -2.07. The maximum atomic E-state index is 4.79. The van der Waals surface area contributed by atoms with E-state index in [0.29, 0.717) is 12.0 Å². The van der Waals surface area contributed by atoms with Crippen molar-refractivity contribution >= 4 is 27.8 Å². The van der Waals surface area contributed by atoms with Gasteiger partial charge in [-0.25, -0.2) is 4.98 Å². The first-order valence-corrected chi connectivity index (χ1v) is 8.94. The molecule has 1 atom stereocenters. The minimum absolute atomic E-state index is 0.435. The van der Waals surface area contributed by atoms with Crippen molar-refractivity contribution in [1.82, 2.24) is 15.2 Å². The van der Waals surface area contributed by atoms with E-state index in [1.165, 1.54) is 28.4 Å². The van der Waals surface area contributed by atoms with Gasteiger partial charge in [0.2, 0.25) is 5.13 Å². The smallest absolute Gasteiger partial charge is 0.206 e. The molecule has 1 N–H and O–H groups in total. The molecule has 2 heterocycles. The summed E-state index contributed by atoms with van der Waals surface area (Å²) >= 11 is 3.46. The summed E-state index contributed by atoms with van der Waals surface area (Å²) in [6.07, 6.45) is 4.65. The average molecular weight is 308 g/mol. The molecule has 2 aromatic heterocycles. The van der Waals surface area contributed by atoms with Crippen LogP contribution >= 0.6 is 22.7 Å². The topological polar surface area (TPSA) is 50.7 Å². The Morgan fingerprint density at radius 1 is 1.25 bits per heavy atom. The number of thiazole rings is 1. The Kier molecular flexibility index (Phi) is 4.03. The van der Waals surface area contributed by atoms with Gasteiger partial charge in [-0.3, -0.25) is 0 Å². The van der Waals surface area contributed by atoms with Gasteiger partial charge in [0.1, 0.15) is 0 Å². The first-order valence-electron chi connectivity index (χ1n) is 7.31. The third-order valence-corrected chi connectivity index (χ3v) is 5.84. The molecule has 1 aliphatic carbocycles. The van der Waals surface area contributed by atoms with Gasteiger partial charge in [0.05, 0.1) is 15.6 Å². The van der Waals surface area contributed by atoms with Gasteiger partial charge >= 0.3 is 0 Å². The second-order valence-corrected chi connectivity index (χ2v) is 7.33. The van der Waals surface area contributed by atoms with Crippen molar-refractivity contribution < 1.29 is 0 Å². The molecule has 1 saturated carbocycles. The first-order chi connectivity index (χ1) is 9.71. The molecule has 1 unspecified atom stereocenters. The highest BCUT2D eigenvalue weighted by molar-refractivity contribution is 7.23. The Labute approximate surface area is 127 Å². The number of anilines is 1. The van der Waals surface area contributed by atoms with E-state index in [-0.39, 0.29) is 0 Å². The van der Waals surface area contributed by atoms with E-state index in [1.807, 2.05) is 11.3 Å². The van der Waals surface area contributed by atoms with Crippen LogP contribution in [0.15, 0.2) is 0 Å². The summed E-state index contributed by atoms with van der Waals surface area (Å²) in [7, 11) is 0. The van der Waals surface area contributed by atoms with Crippen LogP contribution < -0.4 is 5.32 Å². The van der Waals surface area contributed by atoms with Crippen molar-refractivity contribution in [3.8, 4) is 9.88 Å². The second-order valence-electron chi connectivity index (χ2n) is 5.32. The number of aromatic nitrogens is 3. The molecular weight excluding hydrogens is 288 g/mol. The van der Waals surface area contributed by atoms with Gasteiger partial charge < -0.3 is 5.32 Å². The van der Waals surface area contributed by atoms with Crippen molar-refractivity contribution in [2.75, 3.05) is 5.32 Å². The number of nitrogens with one attached hydrogen (secondary N) is 1. The number of nitrogens with zero attached hydrogens (tertiary/aromatic N) is 3. The van der Waals surface area contributed by atoms with E-state index < -0.39 is 0 Å². The maximum Gasteiger partial charge on any atom is 0.206 e. The van der Waals surface area contributed by atoms with E-state index in [1.54, 1.807) is 11.3 Å². The van der Waals surface area contributed by atoms with Crippen molar-refractivity contribution in [3.63, 3.8) is 0 Å². The Balaban J connectivity index is 1.84. The third-order valence-electron chi connectivity index (χ3n) is 3.58. The molecule has 0 amide bonds. The standard InChI is InChI=1S/C14H20N4S2/c1-4-8(3)15-14-18-17-13(20-14)11-10(5-2)16-12(19-11)9-6-7-9/h8-9H,4-7H2,1-3H3,(H,15,18). The zero-order chi connectivity index (χ0) is 14.1. The van der Waals surface area contributed by atoms with Crippen LogP contribution in [-0.2, 0) is 6.42 Å². The summed E-state index contributed by atoms with van der Waals surface area (Å²) in [6, 6.07) is 0.435. The summed E-state index contributed by atoms with van der Waals surface area (Å²) in [6.45, 7) is 6.49. The Morgan fingerprint density at radius 3 is 2.70 bits per heavy atom.